The number of fused-ring (bicyclic) bond motifs is 3. The Morgan fingerprint density at radius 2 is 1.66 bits per heavy atom. The summed E-state index contributed by atoms with van der Waals surface area (Å²) in [6.45, 7) is 6.47. The molecule has 6 aromatic rings. The van der Waals surface area contributed by atoms with Crippen molar-refractivity contribution >= 4 is 30.7 Å². The van der Waals surface area contributed by atoms with Crippen LogP contribution in [0.5, 0.6) is 0 Å². The van der Waals surface area contributed by atoms with E-state index in [0.29, 0.717) is 47.5 Å². The zero-order valence-corrected chi connectivity index (χ0v) is 30.9. The molecule has 2 aliphatic heterocycles. The molecule has 270 valence electrons. The van der Waals surface area contributed by atoms with E-state index in [2.05, 4.69) is 15.4 Å². The monoisotopic (exact) mass is 726 g/mol. The van der Waals surface area contributed by atoms with Crippen LogP contribution < -0.4 is 10.5 Å². The van der Waals surface area contributed by atoms with Crippen LogP contribution in [-0.2, 0) is 28.2 Å². The fourth-order valence-electron chi connectivity index (χ4n) is 8.56. The van der Waals surface area contributed by atoms with Crippen molar-refractivity contribution < 1.29 is 19.4 Å². The summed E-state index contributed by atoms with van der Waals surface area (Å²) in [7, 11) is -2.95. The van der Waals surface area contributed by atoms with E-state index >= 15 is 4.79 Å². The summed E-state index contributed by atoms with van der Waals surface area (Å²) < 4.78 is 10.2. The van der Waals surface area contributed by atoms with Gasteiger partial charge in [0.15, 0.2) is 13.9 Å². The van der Waals surface area contributed by atoms with Crippen molar-refractivity contribution in [2.24, 2.45) is 5.92 Å². The van der Waals surface area contributed by atoms with Gasteiger partial charge in [0.05, 0.1) is 53.8 Å². The third kappa shape index (κ3) is 6.01. The lowest BCUT2D eigenvalue weighted by Gasteiger charge is -2.32. The predicted molar refractivity (Wildman–Crippen MR) is 204 cm³/mol. The molecule has 0 saturated carbocycles. The van der Waals surface area contributed by atoms with Gasteiger partial charge in [0, 0.05) is 35.2 Å². The van der Waals surface area contributed by atoms with Crippen molar-refractivity contribution in [1.29, 1.82) is 0 Å². The lowest BCUT2D eigenvalue weighted by molar-refractivity contribution is -0.146. The Bertz CT molecular complexity index is 2340. The van der Waals surface area contributed by atoms with Gasteiger partial charge in [0.2, 0.25) is 0 Å². The van der Waals surface area contributed by atoms with Crippen molar-refractivity contribution in [3.8, 4) is 5.69 Å². The van der Waals surface area contributed by atoms with Crippen LogP contribution in [0, 0.1) is 5.92 Å². The number of nitrogens with zero attached hydrogens (tertiary/aromatic N) is 6. The van der Waals surface area contributed by atoms with Gasteiger partial charge in [0.25, 0.3) is 11.5 Å². The Kier molecular flexibility index (Phi) is 8.93. The third-order valence-corrected chi connectivity index (χ3v) is 13.5. The van der Waals surface area contributed by atoms with Crippen LogP contribution >= 0.6 is 0 Å². The molecule has 5 atom stereocenters. The standard InChI is InChI=1S/C41H42N6O5Si/c1-27-38(53(2,3)51)37(20-21-45-25-35(43-44-45)33(26-48)29-14-8-5-9-15-29)52-41(27)34-22-31(47-39(49)32-17-11-10-16-30(32)23-42-47)18-19-36(34)46(40(41)50)24-28-12-6-4-7-13-28/h4-19,22-23,25,27,33,37-38,48,51H,20-21,24,26H2,1-3H3/t27-,33?,37+,38-,41+/m1/s1. The average Bonchev–Trinajstić information content (AvgIpc) is 3.82. The first-order valence-corrected chi connectivity index (χ1v) is 21.1. The highest BCUT2D eigenvalue weighted by atomic mass is 28.4. The van der Waals surface area contributed by atoms with Crippen molar-refractivity contribution in [2.75, 3.05) is 11.5 Å². The first kappa shape index (κ1) is 34.8. The van der Waals surface area contributed by atoms with Crippen molar-refractivity contribution in [3.05, 3.63) is 148 Å². The van der Waals surface area contributed by atoms with E-state index in [1.165, 1.54) is 4.68 Å². The highest BCUT2D eigenvalue weighted by molar-refractivity contribution is 6.71. The molecule has 2 aliphatic rings. The van der Waals surface area contributed by atoms with Gasteiger partial charge in [-0.25, -0.2) is 0 Å². The minimum Gasteiger partial charge on any atom is -0.432 e. The second-order valence-electron chi connectivity index (χ2n) is 14.7. The minimum absolute atomic E-state index is 0.106. The molecule has 4 aromatic carbocycles. The van der Waals surface area contributed by atoms with Crippen LogP contribution in [0.1, 0.15) is 41.6 Å². The van der Waals surface area contributed by atoms with Crippen molar-refractivity contribution in [1.82, 2.24) is 24.8 Å². The van der Waals surface area contributed by atoms with E-state index in [1.807, 2.05) is 123 Å². The average molecular weight is 727 g/mol. The number of aliphatic hydroxyl groups is 1. The SMILES string of the molecule is C[C@@H]1[C@@H]([Si](C)(C)O)[C@H](CCn2cc(C(CO)c3ccccc3)nn2)O[C@@]12C(=O)N(Cc1ccccc1)c1ccc(-n3ncc4ccccc4c3=O)cc12. The number of aliphatic hydroxyl groups excluding tert-OH is 1. The van der Waals surface area contributed by atoms with Gasteiger partial charge in [-0.3, -0.25) is 14.3 Å². The molecule has 0 aliphatic carbocycles. The molecule has 4 heterocycles. The molecule has 1 amide bonds. The predicted octanol–water partition coefficient (Wildman–Crippen LogP) is 5.54. The Morgan fingerprint density at radius 1 is 0.943 bits per heavy atom. The summed E-state index contributed by atoms with van der Waals surface area (Å²) in [6, 6.07) is 32.4. The number of ether oxygens (including phenoxy) is 1. The van der Waals surface area contributed by atoms with Crippen LogP contribution in [0.15, 0.2) is 120 Å². The summed E-state index contributed by atoms with van der Waals surface area (Å²) in [6.07, 6.45) is 3.51. The number of benzene rings is 4. The second-order valence-corrected chi connectivity index (χ2v) is 18.7. The number of rotatable bonds is 10. The minimum atomic E-state index is -2.95. The quantitative estimate of drug-likeness (QED) is 0.176. The van der Waals surface area contributed by atoms with Gasteiger partial charge in [0.1, 0.15) is 0 Å². The van der Waals surface area contributed by atoms with Gasteiger partial charge in [-0.2, -0.15) is 9.78 Å². The second kappa shape index (κ2) is 13.6. The summed E-state index contributed by atoms with van der Waals surface area (Å²) in [5, 5.41) is 24.8. The summed E-state index contributed by atoms with van der Waals surface area (Å²) >= 11 is 0. The van der Waals surface area contributed by atoms with Crippen LogP contribution in [-0.4, -0.2) is 61.6 Å². The lowest BCUT2D eigenvalue weighted by atomic mass is 9.82. The van der Waals surface area contributed by atoms with Crippen LogP contribution in [0.3, 0.4) is 0 Å². The number of hydrogen-bond donors (Lipinski definition) is 2. The largest absolute Gasteiger partial charge is 0.432 e. The first-order chi connectivity index (χ1) is 25.6. The maximum atomic E-state index is 15.0. The lowest BCUT2D eigenvalue weighted by Crippen LogP contribution is -2.46. The molecule has 2 aromatic heterocycles. The van der Waals surface area contributed by atoms with E-state index < -0.39 is 25.9 Å². The smallest absolute Gasteiger partial charge is 0.279 e. The number of carbonyl (C=O) groups is 1. The van der Waals surface area contributed by atoms with Gasteiger partial charge in [-0.05, 0) is 54.9 Å². The van der Waals surface area contributed by atoms with Crippen LogP contribution in [0.2, 0.25) is 18.6 Å². The molecule has 11 nitrogen and oxygen atoms in total. The van der Waals surface area contributed by atoms with E-state index in [1.54, 1.807) is 21.8 Å². The maximum absolute atomic E-state index is 15.0. The Labute approximate surface area is 308 Å². The molecule has 0 bridgehead atoms. The zero-order valence-electron chi connectivity index (χ0n) is 29.9. The molecule has 53 heavy (non-hydrogen) atoms. The van der Waals surface area contributed by atoms with E-state index in [9.17, 15) is 14.7 Å². The van der Waals surface area contributed by atoms with E-state index in [4.69, 9.17) is 4.74 Å². The van der Waals surface area contributed by atoms with Crippen molar-refractivity contribution in [2.45, 2.75) is 62.7 Å². The van der Waals surface area contributed by atoms with Gasteiger partial charge in [-0.15, -0.1) is 5.10 Å². The Hall–Kier alpha value is -5.27. The number of anilines is 1. The number of aryl methyl sites for hydroxylation is 1. The van der Waals surface area contributed by atoms with E-state index in [0.717, 1.165) is 16.5 Å². The third-order valence-electron chi connectivity index (χ3n) is 11.0. The Morgan fingerprint density at radius 3 is 2.40 bits per heavy atom. The van der Waals surface area contributed by atoms with Crippen LogP contribution in [0.4, 0.5) is 5.69 Å². The summed E-state index contributed by atoms with van der Waals surface area (Å²) in [4.78, 5) is 42.4. The highest BCUT2D eigenvalue weighted by Gasteiger charge is 2.66. The van der Waals surface area contributed by atoms with E-state index in [-0.39, 0.29) is 29.5 Å². The Balaban J connectivity index is 1.17. The van der Waals surface area contributed by atoms with Crippen LogP contribution in [0.25, 0.3) is 16.5 Å². The molecule has 1 unspecified atom stereocenters. The normalized spacial score (nSPS) is 21.8. The van der Waals surface area contributed by atoms with Gasteiger partial charge >= 0.3 is 0 Å². The van der Waals surface area contributed by atoms with Gasteiger partial charge in [-0.1, -0.05) is 91.0 Å². The number of hydrogen-bond acceptors (Lipinski definition) is 8. The topological polar surface area (TPSA) is 136 Å². The maximum Gasteiger partial charge on any atom is 0.279 e. The molecular formula is C41H42N6O5Si. The molecule has 1 saturated heterocycles. The number of amides is 1. The number of aromatic nitrogens is 5. The molecule has 0 radical (unpaired) electrons. The first-order valence-electron chi connectivity index (χ1n) is 18.0. The molecular weight excluding hydrogens is 685 g/mol. The molecule has 1 fully saturated rings. The fourth-order valence-corrected chi connectivity index (χ4v) is 11.2. The summed E-state index contributed by atoms with van der Waals surface area (Å²) in [5.74, 6) is -0.900. The fraction of sp³-hybridized carbons (Fsp3) is 0.293. The van der Waals surface area contributed by atoms with Crippen molar-refractivity contribution in [3.63, 3.8) is 0 Å². The number of carbonyl (C=O) groups excluding carboxylic acids is 1. The zero-order chi connectivity index (χ0) is 36.9. The van der Waals surface area contributed by atoms with Gasteiger partial charge < -0.3 is 19.5 Å². The molecule has 12 heteroatoms. The molecule has 1 spiro atoms. The highest BCUT2D eigenvalue weighted by Crippen LogP contribution is 2.60. The molecule has 8 rings (SSSR count). The summed E-state index contributed by atoms with van der Waals surface area (Å²) in [5.41, 5.74) is 2.49. The molecule has 2 N–H and O–H groups in total.